The van der Waals surface area contributed by atoms with E-state index in [-0.39, 0.29) is 11.8 Å². The van der Waals surface area contributed by atoms with Gasteiger partial charge in [0.25, 0.3) is 0 Å². The van der Waals surface area contributed by atoms with Gasteiger partial charge in [0.2, 0.25) is 17.6 Å². The molecule has 1 N–H and O–H groups in total. The van der Waals surface area contributed by atoms with E-state index in [0.717, 1.165) is 12.8 Å². The molecule has 1 aliphatic rings. The van der Waals surface area contributed by atoms with Crippen LogP contribution in [0.5, 0.6) is 0 Å². The molecule has 162 valence electrons. The number of aromatic nitrogens is 4. The molecule has 10 nitrogen and oxygen atoms in total. The molecule has 30 heavy (non-hydrogen) atoms. The van der Waals surface area contributed by atoms with Crippen LogP contribution in [0.25, 0.3) is 11.5 Å². The average molecular weight is 416 g/mol. The normalized spacial score (nSPS) is 18.0. The summed E-state index contributed by atoms with van der Waals surface area (Å²) in [6.07, 6.45) is 6.54. The monoisotopic (exact) mass is 416 g/mol. The van der Waals surface area contributed by atoms with E-state index in [4.69, 9.17) is 9.26 Å². The molecule has 1 saturated heterocycles. The highest BCUT2D eigenvalue weighted by Crippen LogP contribution is 2.22. The molecule has 1 fully saturated rings. The molecule has 0 radical (unpaired) electrons. The first-order valence-corrected chi connectivity index (χ1v) is 10.1. The minimum atomic E-state index is -0.662. The maximum atomic E-state index is 12.8. The third-order valence-electron chi connectivity index (χ3n) is 4.66. The van der Waals surface area contributed by atoms with Gasteiger partial charge in [-0.1, -0.05) is 5.16 Å². The Balaban J connectivity index is 1.54. The smallest absolute Gasteiger partial charge is 0.408 e. The van der Waals surface area contributed by atoms with Crippen LogP contribution in [0.1, 0.15) is 46.4 Å². The fourth-order valence-corrected chi connectivity index (χ4v) is 3.36. The maximum absolute atomic E-state index is 12.8. The summed E-state index contributed by atoms with van der Waals surface area (Å²) in [5.41, 5.74) is -0.0628. The largest absolute Gasteiger partial charge is 0.444 e. The molecule has 2 unspecified atom stereocenters. The van der Waals surface area contributed by atoms with E-state index < -0.39 is 17.7 Å². The summed E-state index contributed by atoms with van der Waals surface area (Å²) in [5, 5.41) is 6.58. The molecular weight excluding hydrogens is 388 g/mol. The molecular formula is C20H28N6O4. The van der Waals surface area contributed by atoms with Gasteiger partial charge in [0.1, 0.15) is 17.3 Å². The van der Waals surface area contributed by atoms with Crippen molar-refractivity contribution in [1.82, 2.24) is 30.3 Å². The molecule has 2 aromatic heterocycles. The summed E-state index contributed by atoms with van der Waals surface area (Å²) in [6, 6.07) is -0.662. The van der Waals surface area contributed by atoms with Crippen molar-refractivity contribution in [1.29, 1.82) is 0 Å². The van der Waals surface area contributed by atoms with Gasteiger partial charge in [0, 0.05) is 31.9 Å². The highest BCUT2D eigenvalue weighted by molar-refractivity contribution is 5.85. The zero-order valence-corrected chi connectivity index (χ0v) is 17.8. The van der Waals surface area contributed by atoms with Gasteiger partial charge in [-0.25, -0.2) is 9.78 Å². The lowest BCUT2D eigenvalue weighted by Crippen LogP contribution is -2.51. The predicted molar refractivity (Wildman–Crippen MR) is 107 cm³/mol. The molecule has 2 aromatic rings. The van der Waals surface area contributed by atoms with Crippen molar-refractivity contribution >= 4 is 12.0 Å². The second-order valence-electron chi connectivity index (χ2n) is 8.47. The van der Waals surface area contributed by atoms with Gasteiger partial charge in [-0.05, 0) is 46.5 Å². The van der Waals surface area contributed by atoms with Crippen LogP contribution >= 0.6 is 0 Å². The Morgan fingerprint density at radius 1 is 1.37 bits per heavy atom. The summed E-state index contributed by atoms with van der Waals surface area (Å²) < 4.78 is 10.6. The third kappa shape index (κ3) is 5.98. The molecule has 3 heterocycles. The summed E-state index contributed by atoms with van der Waals surface area (Å²) in [4.78, 5) is 39.1. The highest BCUT2D eigenvalue weighted by atomic mass is 16.6. The number of alkyl carbamates (subject to hydrolysis) is 1. The van der Waals surface area contributed by atoms with Crippen LogP contribution in [0.4, 0.5) is 4.79 Å². The van der Waals surface area contributed by atoms with E-state index in [1.54, 1.807) is 51.2 Å². The lowest BCUT2D eigenvalue weighted by molar-refractivity contribution is -0.134. The van der Waals surface area contributed by atoms with Crippen molar-refractivity contribution in [3.63, 3.8) is 0 Å². The van der Waals surface area contributed by atoms with Gasteiger partial charge in [0.15, 0.2) is 0 Å². The minimum Gasteiger partial charge on any atom is -0.444 e. The van der Waals surface area contributed by atoms with Crippen LogP contribution in [-0.4, -0.2) is 61.7 Å². The molecule has 0 spiro atoms. The van der Waals surface area contributed by atoms with Gasteiger partial charge < -0.3 is 19.5 Å². The number of rotatable bonds is 5. The van der Waals surface area contributed by atoms with Crippen molar-refractivity contribution in [3.8, 4) is 11.5 Å². The number of nitrogens with zero attached hydrogens (tertiary/aromatic N) is 5. The number of hydrogen-bond acceptors (Lipinski definition) is 8. The molecule has 1 aliphatic heterocycles. The summed E-state index contributed by atoms with van der Waals surface area (Å²) >= 11 is 0. The first kappa shape index (κ1) is 21.7. The lowest BCUT2D eigenvalue weighted by atomic mass is 9.94. The standard InChI is InChI=1S/C20H28N6O4/c1-13(23-19(28)29-20(2,3)4)18(27)26-9-5-6-14(12-26)10-16-24-17(25-30-16)15-11-21-7-8-22-15/h7-8,11,13-14H,5-6,9-10,12H2,1-4H3,(H,23,28). The average Bonchev–Trinajstić information content (AvgIpc) is 3.15. The quantitative estimate of drug-likeness (QED) is 0.787. The zero-order valence-electron chi connectivity index (χ0n) is 17.8. The van der Waals surface area contributed by atoms with Crippen molar-refractivity contribution in [2.45, 2.75) is 58.6 Å². The number of hydrogen-bond donors (Lipinski definition) is 1. The van der Waals surface area contributed by atoms with E-state index in [1.165, 1.54) is 0 Å². The molecule has 0 bridgehead atoms. The molecule has 2 amide bonds. The number of carbonyl (C=O) groups is 2. The van der Waals surface area contributed by atoms with Crippen LogP contribution < -0.4 is 5.32 Å². The van der Waals surface area contributed by atoms with E-state index in [2.05, 4.69) is 25.4 Å². The molecule has 0 aliphatic carbocycles. The molecule has 10 heteroatoms. The lowest BCUT2D eigenvalue weighted by Gasteiger charge is -2.34. The first-order chi connectivity index (χ1) is 14.2. The summed E-state index contributed by atoms with van der Waals surface area (Å²) in [7, 11) is 0. The van der Waals surface area contributed by atoms with Gasteiger partial charge >= 0.3 is 6.09 Å². The van der Waals surface area contributed by atoms with Gasteiger partial charge in [0.05, 0.1) is 6.20 Å². The Morgan fingerprint density at radius 3 is 2.87 bits per heavy atom. The van der Waals surface area contributed by atoms with Crippen LogP contribution in [0.15, 0.2) is 23.1 Å². The third-order valence-corrected chi connectivity index (χ3v) is 4.66. The number of nitrogens with one attached hydrogen (secondary N) is 1. The van der Waals surface area contributed by atoms with Crippen LogP contribution in [0, 0.1) is 5.92 Å². The summed E-state index contributed by atoms with van der Waals surface area (Å²) in [6.45, 7) is 8.23. The van der Waals surface area contributed by atoms with Gasteiger partial charge in [-0.3, -0.25) is 9.78 Å². The fourth-order valence-electron chi connectivity index (χ4n) is 3.36. The van der Waals surface area contributed by atoms with Crippen molar-refractivity contribution in [3.05, 3.63) is 24.5 Å². The topological polar surface area (TPSA) is 123 Å². The number of amides is 2. The molecule has 2 atom stereocenters. The van der Waals surface area contributed by atoms with Gasteiger partial charge in [-0.2, -0.15) is 4.98 Å². The predicted octanol–water partition coefficient (Wildman–Crippen LogP) is 2.22. The molecule has 0 saturated carbocycles. The molecule has 3 rings (SSSR count). The van der Waals surface area contributed by atoms with Crippen LogP contribution in [0.2, 0.25) is 0 Å². The Bertz CT molecular complexity index is 864. The Hall–Kier alpha value is -3.04. The Labute approximate surface area is 175 Å². The molecule has 0 aromatic carbocycles. The number of piperidine rings is 1. The van der Waals surface area contributed by atoms with E-state index in [9.17, 15) is 9.59 Å². The van der Waals surface area contributed by atoms with Crippen molar-refractivity contribution in [2.75, 3.05) is 13.1 Å². The van der Waals surface area contributed by atoms with Crippen molar-refractivity contribution < 1.29 is 18.8 Å². The second kappa shape index (κ2) is 9.19. The summed E-state index contributed by atoms with van der Waals surface area (Å²) in [5.74, 6) is 0.981. The Kier molecular flexibility index (Phi) is 6.63. The van der Waals surface area contributed by atoms with E-state index >= 15 is 0 Å². The maximum Gasteiger partial charge on any atom is 0.408 e. The highest BCUT2D eigenvalue weighted by Gasteiger charge is 2.29. The van der Waals surface area contributed by atoms with E-state index in [1.807, 2.05) is 0 Å². The van der Waals surface area contributed by atoms with Crippen molar-refractivity contribution in [2.24, 2.45) is 5.92 Å². The number of likely N-dealkylation sites (tertiary alicyclic amines) is 1. The minimum absolute atomic E-state index is 0.128. The van der Waals surface area contributed by atoms with Crippen LogP contribution in [-0.2, 0) is 16.0 Å². The Morgan fingerprint density at radius 2 is 2.17 bits per heavy atom. The number of carbonyl (C=O) groups excluding carboxylic acids is 2. The SMILES string of the molecule is CC(NC(=O)OC(C)(C)C)C(=O)N1CCCC(Cc2nc(-c3cnccn3)no2)C1. The van der Waals surface area contributed by atoms with E-state index in [0.29, 0.717) is 36.9 Å². The number of ether oxygens (including phenoxy) is 1. The van der Waals surface area contributed by atoms with Crippen LogP contribution in [0.3, 0.4) is 0 Å². The zero-order chi connectivity index (χ0) is 21.7. The van der Waals surface area contributed by atoms with Gasteiger partial charge in [-0.15, -0.1) is 0 Å². The second-order valence-corrected chi connectivity index (χ2v) is 8.47. The first-order valence-electron chi connectivity index (χ1n) is 10.1. The fraction of sp³-hybridized carbons (Fsp3) is 0.600.